The van der Waals surface area contributed by atoms with Crippen molar-refractivity contribution in [2.75, 3.05) is 45.1 Å². The van der Waals surface area contributed by atoms with Gasteiger partial charge in [-0.15, -0.1) is 0 Å². The zero-order valence-electron chi connectivity index (χ0n) is 15.1. The van der Waals surface area contributed by atoms with Crippen LogP contribution in [0.5, 0.6) is 5.75 Å². The van der Waals surface area contributed by atoms with Gasteiger partial charge in [-0.1, -0.05) is 13.3 Å². The van der Waals surface area contributed by atoms with Crippen LogP contribution in [0.4, 0.5) is 0 Å². The van der Waals surface area contributed by atoms with Gasteiger partial charge in [-0.3, -0.25) is 0 Å². The molecule has 1 fully saturated rings. The van der Waals surface area contributed by atoms with Crippen LogP contribution in [0.1, 0.15) is 32.6 Å². The van der Waals surface area contributed by atoms with E-state index in [0.717, 1.165) is 32.5 Å². The molecule has 142 valence electrons. The number of thiol groups is 1. The number of benzene rings is 1. The molecule has 0 amide bonds. The second-order valence-electron chi connectivity index (χ2n) is 6.35. The van der Waals surface area contributed by atoms with Gasteiger partial charge in [0.25, 0.3) is 0 Å². The monoisotopic (exact) mass is 386 g/mol. The molecule has 0 bridgehead atoms. The van der Waals surface area contributed by atoms with E-state index in [1.54, 1.807) is 28.6 Å². The van der Waals surface area contributed by atoms with E-state index >= 15 is 0 Å². The predicted molar refractivity (Wildman–Crippen MR) is 105 cm³/mol. The maximum Gasteiger partial charge on any atom is 0.243 e. The first-order chi connectivity index (χ1) is 12.1. The Bertz CT molecular complexity index is 599. The first-order valence-corrected chi connectivity index (χ1v) is 11.2. The topological polar surface area (TPSA) is 49.9 Å². The molecule has 0 aromatic heterocycles. The highest BCUT2D eigenvalue weighted by Crippen LogP contribution is 2.20. The molecule has 0 unspecified atom stereocenters. The van der Waals surface area contributed by atoms with Crippen molar-refractivity contribution in [1.82, 2.24) is 9.21 Å². The molecule has 5 nitrogen and oxygen atoms in total. The molecular formula is C18H30N2O3S2. The van der Waals surface area contributed by atoms with Crippen molar-refractivity contribution < 1.29 is 13.2 Å². The highest BCUT2D eigenvalue weighted by Gasteiger charge is 2.25. The minimum atomic E-state index is -3.49. The number of ether oxygens (including phenoxy) is 1. The number of hydrogen-bond donors (Lipinski definition) is 1. The van der Waals surface area contributed by atoms with Gasteiger partial charge in [0, 0.05) is 25.4 Å². The maximum atomic E-state index is 12.9. The Kier molecular flexibility index (Phi) is 8.55. The van der Waals surface area contributed by atoms with Gasteiger partial charge in [0.15, 0.2) is 0 Å². The third kappa shape index (κ3) is 6.16. The average Bonchev–Trinajstić information content (AvgIpc) is 3.12. The zero-order chi connectivity index (χ0) is 18.1. The number of rotatable bonds is 11. The molecule has 0 atom stereocenters. The molecule has 1 aliphatic rings. The lowest BCUT2D eigenvalue weighted by Crippen LogP contribution is -2.39. The minimum absolute atomic E-state index is 0.318. The Morgan fingerprint density at radius 1 is 1.16 bits per heavy atom. The number of sulfonamides is 1. The van der Waals surface area contributed by atoms with Gasteiger partial charge in [-0.05, 0) is 56.6 Å². The van der Waals surface area contributed by atoms with Crippen LogP contribution in [0.25, 0.3) is 0 Å². The number of likely N-dealkylation sites (tertiary alicyclic amines) is 1. The maximum absolute atomic E-state index is 12.9. The molecule has 0 radical (unpaired) electrons. The first kappa shape index (κ1) is 20.6. The SMILES string of the molecule is CCCCOc1ccc(S(=O)(=O)N(CCS)CCN2CCCC2)cc1. The van der Waals surface area contributed by atoms with Crippen LogP contribution in [-0.2, 0) is 10.0 Å². The number of hydrogen-bond acceptors (Lipinski definition) is 5. The lowest BCUT2D eigenvalue weighted by atomic mass is 10.3. The highest BCUT2D eigenvalue weighted by molar-refractivity contribution is 7.89. The minimum Gasteiger partial charge on any atom is -0.494 e. The third-order valence-electron chi connectivity index (χ3n) is 4.44. The average molecular weight is 387 g/mol. The highest BCUT2D eigenvalue weighted by atomic mass is 32.2. The van der Waals surface area contributed by atoms with E-state index in [1.165, 1.54) is 12.8 Å². The number of nitrogens with zero attached hydrogens (tertiary/aromatic N) is 2. The second kappa shape index (κ2) is 10.4. The summed E-state index contributed by atoms with van der Waals surface area (Å²) < 4.78 is 33.0. The van der Waals surface area contributed by atoms with E-state index in [-0.39, 0.29) is 0 Å². The lowest BCUT2D eigenvalue weighted by molar-refractivity contribution is 0.299. The van der Waals surface area contributed by atoms with Crippen LogP contribution in [-0.4, -0.2) is 62.7 Å². The van der Waals surface area contributed by atoms with Gasteiger partial charge in [0.1, 0.15) is 5.75 Å². The summed E-state index contributed by atoms with van der Waals surface area (Å²) in [4.78, 5) is 2.64. The summed E-state index contributed by atoms with van der Waals surface area (Å²) in [5, 5.41) is 0. The fraction of sp³-hybridized carbons (Fsp3) is 0.667. The summed E-state index contributed by atoms with van der Waals surface area (Å²) in [6.07, 6.45) is 4.48. The summed E-state index contributed by atoms with van der Waals surface area (Å²) in [5.74, 6) is 1.22. The number of unbranched alkanes of at least 4 members (excludes halogenated alkanes) is 1. The van der Waals surface area contributed by atoms with Crippen LogP contribution >= 0.6 is 12.6 Å². The molecule has 1 aromatic rings. The Morgan fingerprint density at radius 3 is 2.44 bits per heavy atom. The van der Waals surface area contributed by atoms with Crippen LogP contribution in [0.15, 0.2) is 29.2 Å². The Balaban J connectivity index is 2.01. The molecule has 1 heterocycles. The largest absolute Gasteiger partial charge is 0.494 e. The van der Waals surface area contributed by atoms with Gasteiger partial charge >= 0.3 is 0 Å². The predicted octanol–water partition coefficient (Wildman–Crippen LogP) is 2.88. The lowest BCUT2D eigenvalue weighted by Gasteiger charge is -2.24. The Labute approximate surface area is 157 Å². The van der Waals surface area contributed by atoms with Crippen molar-refractivity contribution in [3.63, 3.8) is 0 Å². The molecule has 0 saturated carbocycles. The summed E-state index contributed by atoms with van der Waals surface area (Å²) in [6.45, 7) is 6.62. The Morgan fingerprint density at radius 2 is 1.84 bits per heavy atom. The molecule has 1 aromatic carbocycles. The molecular weight excluding hydrogens is 356 g/mol. The van der Waals surface area contributed by atoms with Crippen LogP contribution in [0.3, 0.4) is 0 Å². The fourth-order valence-electron chi connectivity index (χ4n) is 2.91. The summed E-state index contributed by atoms with van der Waals surface area (Å²) >= 11 is 4.23. The normalized spacial score (nSPS) is 15.8. The molecule has 1 aliphatic heterocycles. The molecule has 7 heteroatoms. The van der Waals surface area contributed by atoms with E-state index in [4.69, 9.17) is 4.74 Å². The van der Waals surface area contributed by atoms with E-state index in [9.17, 15) is 8.42 Å². The van der Waals surface area contributed by atoms with Gasteiger partial charge in [0.2, 0.25) is 10.0 Å². The molecule has 0 aliphatic carbocycles. The van der Waals surface area contributed by atoms with E-state index in [1.807, 2.05) is 0 Å². The van der Waals surface area contributed by atoms with Gasteiger partial charge in [-0.25, -0.2) is 8.42 Å². The van der Waals surface area contributed by atoms with E-state index in [0.29, 0.717) is 36.1 Å². The summed E-state index contributed by atoms with van der Waals surface area (Å²) in [7, 11) is -3.49. The van der Waals surface area contributed by atoms with Crippen molar-refractivity contribution in [2.45, 2.75) is 37.5 Å². The summed E-state index contributed by atoms with van der Waals surface area (Å²) in [6, 6.07) is 6.75. The van der Waals surface area contributed by atoms with Gasteiger partial charge in [0.05, 0.1) is 11.5 Å². The van der Waals surface area contributed by atoms with E-state index < -0.39 is 10.0 Å². The van der Waals surface area contributed by atoms with Crippen molar-refractivity contribution >= 4 is 22.7 Å². The Hall–Kier alpha value is -0.760. The molecule has 1 saturated heterocycles. The first-order valence-electron chi connectivity index (χ1n) is 9.14. The molecule has 2 rings (SSSR count). The van der Waals surface area contributed by atoms with Crippen molar-refractivity contribution in [2.24, 2.45) is 0 Å². The van der Waals surface area contributed by atoms with Crippen LogP contribution in [0.2, 0.25) is 0 Å². The van der Waals surface area contributed by atoms with Crippen LogP contribution < -0.4 is 4.74 Å². The molecule has 25 heavy (non-hydrogen) atoms. The van der Waals surface area contributed by atoms with Crippen molar-refractivity contribution in [3.05, 3.63) is 24.3 Å². The third-order valence-corrected chi connectivity index (χ3v) is 6.55. The van der Waals surface area contributed by atoms with Gasteiger partial charge in [-0.2, -0.15) is 16.9 Å². The molecule has 0 N–H and O–H groups in total. The smallest absolute Gasteiger partial charge is 0.243 e. The summed E-state index contributed by atoms with van der Waals surface area (Å²) in [5.41, 5.74) is 0. The van der Waals surface area contributed by atoms with Crippen LogP contribution in [0, 0.1) is 0 Å². The van der Waals surface area contributed by atoms with Crippen molar-refractivity contribution in [3.8, 4) is 5.75 Å². The quantitative estimate of drug-likeness (QED) is 0.469. The standard InChI is InChI=1S/C18H30N2O3S2/c1-2-3-15-23-17-6-8-18(9-7-17)25(21,22)20(14-16-24)13-12-19-10-4-5-11-19/h6-9,24H,2-5,10-16H2,1H3. The second-order valence-corrected chi connectivity index (χ2v) is 8.74. The van der Waals surface area contributed by atoms with Gasteiger partial charge < -0.3 is 9.64 Å². The fourth-order valence-corrected chi connectivity index (χ4v) is 4.72. The van der Waals surface area contributed by atoms with E-state index in [2.05, 4.69) is 24.5 Å². The zero-order valence-corrected chi connectivity index (χ0v) is 16.8. The molecule has 0 spiro atoms. The van der Waals surface area contributed by atoms with Crippen molar-refractivity contribution in [1.29, 1.82) is 0 Å².